The van der Waals surface area contributed by atoms with E-state index in [1.54, 1.807) is 0 Å². The van der Waals surface area contributed by atoms with Crippen LogP contribution >= 0.6 is 0 Å². The standard InChI is InChI=1S/C54H59N4O.Pt/c1-13-54(12,14-2)38-18-17-19-40(28-38)56-35-57(47-25-22-36(31-49(47)56)51(3,4)5)41-29-39(53(9,10)11)30-43(33-41)59-42-23-24-45-44-20-15-16-21-46(44)58(48(45)34-42)50-32-37(26-27-55-50)52(6,7)8;/h15-32,35H,13-14H2,1-12H3;/q-3;. The first-order valence-corrected chi connectivity index (χ1v) is 21.2. The van der Waals surface area contributed by atoms with Gasteiger partial charge < -0.3 is 19.1 Å². The molecule has 5 nitrogen and oxygen atoms in total. The fourth-order valence-electron chi connectivity index (χ4n) is 8.16. The van der Waals surface area contributed by atoms with Crippen molar-refractivity contribution in [3.63, 3.8) is 0 Å². The molecule has 60 heavy (non-hydrogen) atoms. The maximum Gasteiger partial charge on any atom is 0.135 e. The number of para-hydroxylation sites is 1. The molecule has 8 rings (SSSR count). The number of fused-ring (bicyclic) bond motifs is 4. The Morgan fingerprint density at radius 2 is 1.28 bits per heavy atom. The first-order chi connectivity index (χ1) is 27.9. The number of ether oxygens (including phenoxy) is 1. The van der Waals surface area contributed by atoms with Gasteiger partial charge in [0.2, 0.25) is 0 Å². The van der Waals surface area contributed by atoms with Crippen molar-refractivity contribution in [1.29, 1.82) is 0 Å². The predicted octanol–water partition coefficient (Wildman–Crippen LogP) is 14.9. The summed E-state index contributed by atoms with van der Waals surface area (Å²) < 4.78 is 9.04. The van der Waals surface area contributed by atoms with E-state index in [0.29, 0.717) is 11.5 Å². The van der Waals surface area contributed by atoms with Gasteiger partial charge in [-0.1, -0.05) is 125 Å². The topological polar surface area (TPSA) is 33.5 Å². The van der Waals surface area contributed by atoms with E-state index >= 15 is 0 Å². The first-order valence-electron chi connectivity index (χ1n) is 21.2. The van der Waals surface area contributed by atoms with Crippen molar-refractivity contribution in [2.45, 2.75) is 118 Å². The summed E-state index contributed by atoms with van der Waals surface area (Å²) in [6.07, 6.45) is 4.07. The third-order valence-electron chi connectivity index (χ3n) is 12.5. The fraction of sp³-hybridized carbons (Fsp3) is 0.333. The molecule has 6 heteroatoms. The van der Waals surface area contributed by atoms with E-state index in [9.17, 15) is 0 Å². The molecule has 0 saturated carbocycles. The van der Waals surface area contributed by atoms with Gasteiger partial charge in [0.25, 0.3) is 0 Å². The van der Waals surface area contributed by atoms with Crippen molar-refractivity contribution in [3.8, 4) is 17.3 Å². The Kier molecular flexibility index (Phi) is 11.4. The Bertz CT molecular complexity index is 2680. The van der Waals surface area contributed by atoms with Crippen LogP contribution in [0.2, 0.25) is 0 Å². The molecule has 0 aliphatic carbocycles. The van der Waals surface area contributed by atoms with Gasteiger partial charge in [0.1, 0.15) is 5.82 Å². The molecule has 3 heterocycles. The zero-order valence-electron chi connectivity index (χ0n) is 37.4. The van der Waals surface area contributed by atoms with Crippen molar-refractivity contribution in [1.82, 2.24) is 9.55 Å². The summed E-state index contributed by atoms with van der Waals surface area (Å²) in [7, 11) is 0. The van der Waals surface area contributed by atoms with Gasteiger partial charge >= 0.3 is 0 Å². The van der Waals surface area contributed by atoms with Gasteiger partial charge in [-0.2, -0.15) is 6.07 Å². The van der Waals surface area contributed by atoms with Gasteiger partial charge in [0.05, 0.1) is 0 Å². The molecular formula is C54H59N4OPt-3. The minimum Gasteiger partial charge on any atom is -0.509 e. The monoisotopic (exact) mass is 974 g/mol. The van der Waals surface area contributed by atoms with Gasteiger partial charge in [-0.05, 0) is 99.0 Å². The van der Waals surface area contributed by atoms with E-state index < -0.39 is 0 Å². The Hall–Kier alpha value is -4.86. The minimum absolute atomic E-state index is 0. The van der Waals surface area contributed by atoms with Gasteiger partial charge in [-0.15, -0.1) is 53.6 Å². The Labute approximate surface area is 373 Å². The largest absolute Gasteiger partial charge is 0.509 e. The van der Waals surface area contributed by atoms with Crippen LogP contribution in [0.15, 0.2) is 109 Å². The number of hydrogen-bond donors (Lipinski definition) is 0. The molecule has 5 aromatic carbocycles. The zero-order valence-corrected chi connectivity index (χ0v) is 39.7. The van der Waals surface area contributed by atoms with E-state index in [1.165, 1.54) is 16.7 Å². The molecule has 1 aliphatic heterocycles. The number of anilines is 4. The number of pyridine rings is 1. The van der Waals surface area contributed by atoms with E-state index in [1.807, 2.05) is 12.3 Å². The quantitative estimate of drug-likeness (QED) is 0.142. The van der Waals surface area contributed by atoms with Gasteiger partial charge in [0.15, 0.2) is 0 Å². The van der Waals surface area contributed by atoms with Crippen LogP contribution in [0.3, 0.4) is 0 Å². The summed E-state index contributed by atoms with van der Waals surface area (Å²) in [5, 5.41) is 2.25. The zero-order chi connectivity index (χ0) is 42.1. The second-order valence-electron chi connectivity index (χ2n) is 19.7. The summed E-state index contributed by atoms with van der Waals surface area (Å²) in [5.74, 6) is 2.13. The Morgan fingerprint density at radius 1 is 0.583 bits per heavy atom. The third kappa shape index (κ3) is 8.03. The smallest absolute Gasteiger partial charge is 0.135 e. The molecule has 0 atom stereocenters. The van der Waals surface area contributed by atoms with E-state index in [2.05, 4.69) is 213 Å². The van der Waals surface area contributed by atoms with Gasteiger partial charge in [-0.3, -0.25) is 0 Å². The number of rotatable bonds is 8. The predicted molar refractivity (Wildman–Crippen MR) is 248 cm³/mol. The van der Waals surface area contributed by atoms with Crippen molar-refractivity contribution in [2.75, 3.05) is 9.80 Å². The maximum absolute atomic E-state index is 6.83. The molecule has 0 amide bonds. The molecule has 0 N–H and O–H groups in total. The van der Waals surface area contributed by atoms with Crippen LogP contribution in [0.25, 0.3) is 27.6 Å². The van der Waals surface area contributed by atoms with Crippen molar-refractivity contribution in [3.05, 3.63) is 150 Å². The Balaban J connectivity index is 0.00000544. The molecular weight excluding hydrogens is 916 g/mol. The molecule has 314 valence electrons. The average molecular weight is 975 g/mol. The van der Waals surface area contributed by atoms with Crippen molar-refractivity contribution < 1.29 is 25.8 Å². The molecule has 0 fully saturated rings. The molecule has 1 aliphatic rings. The molecule has 0 saturated heterocycles. The van der Waals surface area contributed by atoms with Crippen LogP contribution in [0.5, 0.6) is 11.5 Å². The van der Waals surface area contributed by atoms with Gasteiger partial charge in [-0.25, -0.2) is 4.98 Å². The molecule has 0 spiro atoms. The van der Waals surface area contributed by atoms with E-state index in [0.717, 1.165) is 68.8 Å². The third-order valence-corrected chi connectivity index (χ3v) is 12.5. The summed E-state index contributed by atoms with van der Waals surface area (Å²) in [4.78, 5) is 9.50. The maximum atomic E-state index is 6.83. The van der Waals surface area contributed by atoms with E-state index in [-0.39, 0.29) is 42.7 Å². The van der Waals surface area contributed by atoms with Gasteiger partial charge in [0, 0.05) is 61.3 Å². The van der Waals surface area contributed by atoms with Crippen molar-refractivity contribution >= 4 is 44.6 Å². The SMILES string of the molecule is CCC(C)(CC)c1cccc(N2[CH-]N(c3[c-]c(Oc4[c-]c5c(cc4)c4ccccc4n5-c4cc(C(C)(C)C)ccn4)cc(C(C)(C)C)c3)c3ccc(C(C)(C)C)cc32)c1.[Pt]. The average Bonchev–Trinajstić information content (AvgIpc) is 3.75. The second kappa shape index (κ2) is 15.9. The second-order valence-corrected chi connectivity index (χ2v) is 19.7. The number of benzene rings is 5. The Morgan fingerprint density at radius 3 is 1.98 bits per heavy atom. The summed E-state index contributed by atoms with van der Waals surface area (Å²) in [5.41, 5.74) is 11.3. The van der Waals surface area contributed by atoms with Crippen LogP contribution in [0.4, 0.5) is 22.7 Å². The van der Waals surface area contributed by atoms with Crippen LogP contribution in [-0.2, 0) is 42.7 Å². The van der Waals surface area contributed by atoms with Crippen LogP contribution < -0.4 is 14.5 Å². The number of aromatic nitrogens is 2. The van der Waals surface area contributed by atoms with Crippen molar-refractivity contribution in [2.24, 2.45) is 0 Å². The number of hydrogen-bond acceptors (Lipinski definition) is 4. The molecule has 0 bridgehead atoms. The molecule has 7 aromatic rings. The molecule has 0 unspecified atom stereocenters. The number of nitrogens with zero attached hydrogens (tertiary/aromatic N) is 4. The summed E-state index contributed by atoms with van der Waals surface area (Å²) in [6.45, 7) is 29.5. The first kappa shape index (κ1) is 43.2. The van der Waals surface area contributed by atoms with Crippen LogP contribution in [-0.4, -0.2) is 9.55 Å². The normalized spacial score (nSPS) is 13.5. The fourth-order valence-corrected chi connectivity index (χ4v) is 8.16. The molecule has 0 radical (unpaired) electrons. The summed E-state index contributed by atoms with van der Waals surface area (Å²) in [6, 6.07) is 44.7. The van der Waals surface area contributed by atoms with Crippen LogP contribution in [0.1, 0.15) is 118 Å². The van der Waals surface area contributed by atoms with Crippen LogP contribution in [0, 0.1) is 18.8 Å². The molecule has 2 aromatic heterocycles. The summed E-state index contributed by atoms with van der Waals surface area (Å²) >= 11 is 0. The minimum atomic E-state index is -0.150. The van der Waals surface area contributed by atoms with E-state index in [4.69, 9.17) is 9.72 Å².